The number of carbonyl (C=O) groups is 2. The Morgan fingerprint density at radius 1 is 1.27 bits per heavy atom. The zero-order valence-corrected chi connectivity index (χ0v) is 12.1. The minimum Gasteiger partial charge on any atom is -0.478 e. The molecule has 0 fully saturated rings. The number of rotatable bonds is 6. The molecule has 1 heterocycles. The van der Waals surface area contributed by atoms with Crippen molar-refractivity contribution in [2.45, 2.75) is 18.9 Å². The first-order valence-electron chi connectivity index (χ1n) is 6.74. The molecule has 3 N–H and O–H groups in total. The number of hydrogen-bond acceptors (Lipinski definition) is 4. The standard InChI is InChI=1S/C16H17NO5/c1-16(21,13-6-3-7-22-13)10-17-14(18)9-11-4-2-5-12(8-11)15(19)20/h2-8,21H,9-10H2,1H3,(H,17,18)(H,19,20). The van der Waals surface area contributed by atoms with Gasteiger partial charge in [-0.05, 0) is 36.8 Å². The van der Waals surface area contributed by atoms with Crippen LogP contribution in [0.4, 0.5) is 0 Å². The topological polar surface area (TPSA) is 99.8 Å². The molecule has 1 aromatic carbocycles. The van der Waals surface area contributed by atoms with Crippen LogP contribution in [-0.4, -0.2) is 28.6 Å². The van der Waals surface area contributed by atoms with E-state index in [1.54, 1.807) is 24.3 Å². The van der Waals surface area contributed by atoms with Gasteiger partial charge in [-0.15, -0.1) is 0 Å². The zero-order chi connectivity index (χ0) is 16.2. The average molecular weight is 303 g/mol. The molecular formula is C16H17NO5. The van der Waals surface area contributed by atoms with Crippen molar-refractivity contribution in [3.63, 3.8) is 0 Å². The van der Waals surface area contributed by atoms with Gasteiger partial charge in [-0.2, -0.15) is 0 Å². The van der Waals surface area contributed by atoms with E-state index in [4.69, 9.17) is 9.52 Å². The van der Waals surface area contributed by atoms with Gasteiger partial charge < -0.3 is 19.9 Å². The summed E-state index contributed by atoms with van der Waals surface area (Å²) < 4.78 is 5.12. The summed E-state index contributed by atoms with van der Waals surface area (Å²) in [7, 11) is 0. The summed E-state index contributed by atoms with van der Waals surface area (Å²) in [5.74, 6) is -0.988. The fraction of sp³-hybridized carbons (Fsp3) is 0.250. The largest absolute Gasteiger partial charge is 0.478 e. The van der Waals surface area contributed by atoms with Crippen LogP contribution in [0.5, 0.6) is 0 Å². The third-order valence-corrected chi connectivity index (χ3v) is 3.22. The minimum absolute atomic E-state index is 0.00202. The number of benzene rings is 1. The smallest absolute Gasteiger partial charge is 0.335 e. The predicted molar refractivity (Wildman–Crippen MR) is 78.4 cm³/mol. The number of hydrogen-bond donors (Lipinski definition) is 3. The lowest BCUT2D eigenvalue weighted by Crippen LogP contribution is -2.39. The molecule has 2 aromatic rings. The highest BCUT2D eigenvalue weighted by atomic mass is 16.4. The van der Waals surface area contributed by atoms with E-state index in [9.17, 15) is 14.7 Å². The molecular weight excluding hydrogens is 286 g/mol. The molecule has 0 aliphatic heterocycles. The van der Waals surface area contributed by atoms with Crippen molar-refractivity contribution in [1.29, 1.82) is 0 Å². The molecule has 1 aromatic heterocycles. The lowest BCUT2D eigenvalue weighted by atomic mass is 10.0. The van der Waals surface area contributed by atoms with Gasteiger partial charge in [0.05, 0.1) is 24.8 Å². The van der Waals surface area contributed by atoms with Crippen LogP contribution in [0, 0.1) is 0 Å². The Labute approximate surface area is 127 Å². The summed E-state index contributed by atoms with van der Waals surface area (Å²) in [5.41, 5.74) is -0.579. The van der Waals surface area contributed by atoms with Crippen LogP contribution in [0.1, 0.15) is 28.6 Å². The second-order valence-electron chi connectivity index (χ2n) is 5.21. The highest BCUT2D eigenvalue weighted by Gasteiger charge is 2.26. The molecule has 0 saturated heterocycles. The van der Waals surface area contributed by atoms with Crippen LogP contribution < -0.4 is 5.32 Å². The van der Waals surface area contributed by atoms with E-state index in [1.165, 1.54) is 25.3 Å². The van der Waals surface area contributed by atoms with Crippen LogP contribution >= 0.6 is 0 Å². The minimum atomic E-state index is -1.30. The van der Waals surface area contributed by atoms with Gasteiger partial charge in [-0.25, -0.2) is 4.79 Å². The Balaban J connectivity index is 1.93. The SMILES string of the molecule is CC(O)(CNC(=O)Cc1cccc(C(=O)O)c1)c1ccco1. The number of carbonyl (C=O) groups excluding carboxylic acids is 1. The molecule has 0 spiro atoms. The van der Waals surface area contributed by atoms with Gasteiger partial charge in [0.2, 0.25) is 5.91 Å². The first-order valence-corrected chi connectivity index (χ1v) is 6.74. The molecule has 116 valence electrons. The second-order valence-corrected chi connectivity index (χ2v) is 5.21. The van der Waals surface area contributed by atoms with E-state index < -0.39 is 11.6 Å². The average Bonchev–Trinajstić information content (AvgIpc) is 3.00. The summed E-state index contributed by atoms with van der Waals surface area (Å²) in [6, 6.07) is 9.46. The first kappa shape index (κ1) is 15.8. The Kier molecular flexibility index (Phi) is 4.62. The van der Waals surface area contributed by atoms with Crippen LogP contribution in [0.3, 0.4) is 0 Å². The fourth-order valence-electron chi connectivity index (χ4n) is 2.01. The Morgan fingerprint density at radius 3 is 2.68 bits per heavy atom. The number of aromatic carboxylic acids is 1. The van der Waals surface area contributed by atoms with Gasteiger partial charge in [0, 0.05) is 0 Å². The van der Waals surface area contributed by atoms with Gasteiger partial charge in [0.15, 0.2) is 0 Å². The van der Waals surface area contributed by atoms with Gasteiger partial charge in [0.25, 0.3) is 0 Å². The van der Waals surface area contributed by atoms with Crippen LogP contribution in [-0.2, 0) is 16.8 Å². The van der Waals surface area contributed by atoms with E-state index in [1.807, 2.05) is 0 Å². The number of aliphatic hydroxyl groups is 1. The molecule has 1 unspecified atom stereocenters. The molecule has 6 heteroatoms. The van der Waals surface area contributed by atoms with Gasteiger partial charge in [0.1, 0.15) is 11.4 Å². The maximum Gasteiger partial charge on any atom is 0.335 e. The van der Waals surface area contributed by atoms with E-state index in [0.29, 0.717) is 11.3 Å². The summed E-state index contributed by atoms with van der Waals surface area (Å²) in [4.78, 5) is 22.8. The van der Waals surface area contributed by atoms with Crippen molar-refractivity contribution < 1.29 is 24.2 Å². The van der Waals surface area contributed by atoms with E-state index in [-0.39, 0.29) is 24.4 Å². The molecule has 2 rings (SSSR count). The molecule has 0 aliphatic carbocycles. The van der Waals surface area contributed by atoms with Crippen molar-refractivity contribution >= 4 is 11.9 Å². The molecule has 22 heavy (non-hydrogen) atoms. The summed E-state index contributed by atoms with van der Waals surface area (Å²) >= 11 is 0. The molecule has 1 atom stereocenters. The highest BCUT2D eigenvalue weighted by molar-refractivity contribution is 5.88. The van der Waals surface area contributed by atoms with Crippen molar-refractivity contribution in [3.05, 3.63) is 59.5 Å². The Hall–Kier alpha value is -2.60. The summed E-state index contributed by atoms with van der Waals surface area (Å²) in [6.45, 7) is 1.54. The number of nitrogens with one attached hydrogen (secondary N) is 1. The van der Waals surface area contributed by atoms with E-state index >= 15 is 0 Å². The number of carboxylic acid groups (broad SMARTS) is 1. The summed E-state index contributed by atoms with van der Waals surface area (Å²) in [5, 5.41) is 21.7. The third-order valence-electron chi connectivity index (χ3n) is 3.22. The molecule has 0 aliphatic rings. The summed E-state index contributed by atoms with van der Waals surface area (Å²) in [6.07, 6.45) is 1.48. The van der Waals surface area contributed by atoms with Gasteiger partial charge in [-0.3, -0.25) is 4.79 Å². The first-order chi connectivity index (χ1) is 10.4. The number of furan rings is 1. The second kappa shape index (κ2) is 6.44. The molecule has 0 radical (unpaired) electrons. The van der Waals surface area contributed by atoms with E-state index in [0.717, 1.165) is 0 Å². The van der Waals surface area contributed by atoms with Crippen LogP contribution in [0.2, 0.25) is 0 Å². The van der Waals surface area contributed by atoms with E-state index in [2.05, 4.69) is 5.32 Å². The molecule has 1 amide bonds. The maximum absolute atomic E-state index is 11.9. The normalized spacial score (nSPS) is 13.4. The van der Waals surface area contributed by atoms with Crippen molar-refractivity contribution in [2.24, 2.45) is 0 Å². The van der Waals surface area contributed by atoms with Gasteiger partial charge >= 0.3 is 5.97 Å². The van der Waals surface area contributed by atoms with Crippen LogP contribution in [0.25, 0.3) is 0 Å². The zero-order valence-electron chi connectivity index (χ0n) is 12.1. The fourth-order valence-corrected chi connectivity index (χ4v) is 2.01. The Bertz CT molecular complexity index is 661. The lowest BCUT2D eigenvalue weighted by molar-refractivity contribution is -0.121. The third kappa shape index (κ3) is 3.95. The van der Waals surface area contributed by atoms with Crippen molar-refractivity contribution in [2.75, 3.05) is 6.54 Å². The van der Waals surface area contributed by atoms with Crippen molar-refractivity contribution in [3.8, 4) is 0 Å². The molecule has 6 nitrogen and oxygen atoms in total. The quantitative estimate of drug-likeness (QED) is 0.751. The van der Waals surface area contributed by atoms with Crippen LogP contribution in [0.15, 0.2) is 47.1 Å². The maximum atomic E-state index is 11.9. The monoisotopic (exact) mass is 303 g/mol. The number of carboxylic acids is 1. The Morgan fingerprint density at radius 2 is 2.05 bits per heavy atom. The number of amides is 1. The molecule has 0 bridgehead atoms. The lowest BCUT2D eigenvalue weighted by Gasteiger charge is -2.21. The molecule has 0 saturated carbocycles. The van der Waals surface area contributed by atoms with Crippen molar-refractivity contribution in [1.82, 2.24) is 5.32 Å². The van der Waals surface area contributed by atoms with Gasteiger partial charge in [-0.1, -0.05) is 12.1 Å². The predicted octanol–water partition coefficient (Wildman–Crippen LogP) is 1.54. The highest BCUT2D eigenvalue weighted by Crippen LogP contribution is 2.19.